The molecule has 1 atom stereocenters. The second kappa shape index (κ2) is 8.62. The molecule has 7 nitrogen and oxygen atoms in total. The van der Waals surface area contributed by atoms with Crippen LogP contribution in [-0.4, -0.2) is 27.4 Å². The van der Waals surface area contributed by atoms with Crippen LogP contribution in [0.3, 0.4) is 0 Å². The number of amides is 2. The average molecular weight is 368 g/mol. The van der Waals surface area contributed by atoms with Gasteiger partial charge in [-0.05, 0) is 44.0 Å². The molecule has 0 aliphatic heterocycles. The molecule has 0 saturated heterocycles. The summed E-state index contributed by atoms with van der Waals surface area (Å²) < 4.78 is 1.27. The molecule has 142 valence electrons. The fraction of sp³-hybridized carbons (Fsp3) is 0.400. The number of pyridine rings is 2. The van der Waals surface area contributed by atoms with Gasteiger partial charge >= 0.3 is 0 Å². The lowest BCUT2D eigenvalue weighted by Gasteiger charge is -2.15. The Bertz CT molecular complexity index is 857. The molecule has 2 N–H and O–H groups in total. The second-order valence-corrected chi connectivity index (χ2v) is 6.85. The molecule has 1 aliphatic carbocycles. The van der Waals surface area contributed by atoms with Gasteiger partial charge in [0.25, 0.3) is 11.5 Å². The minimum Gasteiger partial charge on any atom is -0.352 e. The van der Waals surface area contributed by atoms with E-state index in [0.29, 0.717) is 5.69 Å². The Kier molecular flexibility index (Phi) is 6.01. The molecule has 3 rings (SSSR count). The predicted molar refractivity (Wildman–Crippen MR) is 101 cm³/mol. The highest BCUT2D eigenvalue weighted by atomic mass is 16.2. The fourth-order valence-electron chi connectivity index (χ4n) is 3.31. The molecule has 0 radical (unpaired) electrons. The maximum absolute atomic E-state index is 12.6. The Hall–Kier alpha value is -2.96. The zero-order chi connectivity index (χ0) is 19.2. The van der Waals surface area contributed by atoms with E-state index < -0.39 is 11.5 Å². The summed E-state index contributed by atoms with van der Waals surface area (Å²) in [5.74, 6) is -0.688. The molecule has 2 heterocycles. The van der Waals surface area contributed by atoms with E-state index in [1.165, 1.54) is 16.8 Å². The molecule has 2 aromatic heterocycles. The van der Waals surface area contributed by atoms with E-state index in [9.17, 15) is 14.4 Å². The van der Waals surface area contributed by atoms with Crippen molar-refractivity contribution in [1.29, 1.82) is 0 Å². The molecule has 1 unspecified atom stereocenters. The van der Waals surface area contributed by atoms with E-state index in [0.717, 1.165) is 25.7 Å². The van der Waals surface area contributed by atoms with Crippen molar-refractivity contribution in [3.8, 4) is 0 Å². The van der Waals surface area contributed by atoms with Crippen molar-refractivity contribution in [2.45, 2.75) is 51.2 Å². The third-order valence-electron chi connectivity index (χ3n) is 4.78. The third-order valence-corrected chi connectivity index (χ3v) is 4.78. The lowest BCUT2D eigenvalue weighted by atomic mass is 10.2. The standard InChI is InChI=1S/C20H24N4O3/c1-14(17-10-4-5-11-21-17)22-19(26)16-9-6-12-24(20(16)27)13-18(25)23-15-7-2-3-8-15/h4-6,9-12,14-15H,2-3,7-8,13H2,1H3,(H,22,26)(H,23,25). The van der Waals surface area contributed by atoms with Gasteiger partial charge in [-0.25, -0.2) is 0 Å². The summed E-state index contributed by atoms with van der Waals surface area (Å²) in [7, 11) is 0. The van der Waals surface area contributed by atoms with E-state index >= 15 is 0 Å². The summed E-state index contributed by atoms with van der Waals surface area (Å²) in [5, 5.41) is 5.73. The molecule has 1 saturated carbocycles. The number of nitrogens with one attached hydrogen (secondary N) is 2. The van der Waals surface area contributed by atoms with Crippen molar-refractivity contribution in [1.82, 2.24) is 20.2 Å². The molecule has 2 amide bonds. The lowest BCUT2D eigenvalue weighted by Crippen LogP contribution is -2.39. The molecule has 0 bridgehead atoms. The summed E-state index contributed by atoms with van der Waals surface area (Å²) in [4.78, 5) is 41.5. The molecule has 0 aromatic carbocycles. The highest BCUT2D eigenvalue weighted by Crippen LogP contribution is 2.17. The van der Waals surface area contributed by atoms with E-state index in [1.807, 2.05) is 12.1 Å². The third kappa shape index (κ3) is 4.81. The van der Waals surface area contributed by atoms with E-state index in [2.05, 4.69) is 15.6 Å². The van der Waals surface area contributed by atoms with Gasteiger partial charge in [0.1, 0.15) is 12.1 Å². The second-order valence-electron chi connectivity index (χ2n) is 6.85. The van der Waals surface area contributed by atoms with Crippen LogP contribution < -0.4 is 16.2 Å². The van der Waals surface area contributed by atoms with Crippen molar-refractivity contribution in [3.05, 3.63) is 64.3 Å². The van der Waals surface area contributed by atoms with Crippen LogP contribution >= 0.6 is 0 Å². The van der Waals surface area contributed by atoms with Crippen LogP contribution in [0.15, 0.2) is 47.5 Å². The summed E-state index contributed by atoms with van der Waals surface area (Å²) >= 11 is 0. The van der Waals surface area contributed by atoms with Gasteiger partial charge < -0.3 is 15.2 Å². The normalized spacial score (nSPS) is 15.3. The van der Waals surface area contributed by atoms with Gasteiger partial charge in [0.15, 0.2) is 0 Å². The highest BCUT2D eigenvalue weighted by molar-refractivity contribution is 5.94. The maximum Gasteiger partial charge on any atom is 0.263 e. The first kappa shape index (κ1) is 18.8. The van der Waals surface area contributed by atoms with Gasteiger partial charge in [-0.2, -0.15) is 0 Å². The van der Waals surface area contributed by atoms with Crippen molar-refractivity contribution >= 4 is 11.8 Å². The van der Waals surface area contributed by atoms with Crippen LogP contribution in [0.2, 0.25) is 0 Å². The van der Waals surface area contributed by atoms with Gasteiger partial charge in [0, 0.05) is 18.4 Å². The number of nitrogens with zero attached hydrogens (tertiary/aromatic N) is 2. The largest absolute Gasteiger partial charge is 0.352 e. The Balaban J connectivity index is 1.67. The average Bonchev–Trinajstić information content (AvgIpc) is 3.17. The first-order valence-corrected chi connectivity index (χ1v) is 9.25. The molecule has 27 heavy (non-hydrogen) atoms. The van der Waals surface area contributed by atoms with Crippen LogP contribution in [0.25, 0.3) is 0 Å². The van der Waals surface area contributed by atoms with Crippen LogP contribution in [0.4, 0.5) is 0 Å². The number of carbonyl (C=O) groups is 2. The molecular formula is C20H24N4O3. The zero-order valence-corrected chi connectivity index (χ0v) is 15.4. The van der Waals surface area contributed by atoms with Gasteiger partial charge in [-0.1, -0.05) is 18.9 Å². The van der Waals surface area contributed by atoms with Gasteiger partial charge in [-0.15, -0.1) is 0 Å². The highest BCUT2D eigenvalue weighted by Gasteiger charge is 2.19. The summed E-state index contributed by atoms with van der Waals surface area (Å²) in [6.45, 7) is 1.71. The van der Waals surface area contributed by atoms with Crippen molar-refractivity contribution in [2.24, 2.45) is 0 Å². The van der Waals surface area contributed by atoms with Crippen molar-refractivity contribution < 1.29 is 9.59 Å². The maximum atomic E-state index is 12.6. The van der Waals surface area contributed by atoms with E-state index in [-0.39, 0.29) is 30.1 Å². The minimum atomic E-state index is -0.483. The predicted octanol–water partition coefficient (Wildman–Crippen LogP) is 1.79. The molecule has 2 aromatic rings. The monoisotopic (exact) mass is 368 g/mol. The molecule has 1 fully saturated rings. The molecule has 1 aliphatic rings. The van der Waals surface area contributed by atoms with E-state index in [4.69, 9.17) is 0 Å². The van der Waals surface area contributed by atoms with Gasteiger partial charge in [0.05, 0.1) is 11.7 Å². The Labute approximate surface area is 157 Å². The number of carbonyl (C=O) groups excluding carboxylic acids is 2. The van der Waals surface area contributed by atoms with Crippen LogP contribution in [0.1, 0.15) is 54.7 Å². The topological polar surface area (TPSA) is 93.1 Å². The van der Waals surface area contributed by atoms with Crippen molar-refractivity contribution in [2.75, 3.05) is 0 Å². The number of hydrogen-bond donors (Lipinski definition) is 2. The number of hydrogen-bond acceptors (Lipinski definition) is 4. The Morgan fingerprint density at radius 2 is 2.00 bits per heavy atom. The quantitative estimate of drug-likeness (QED) is 0.813. The molecular weight excluding hydrogens is 344 g/mol. The number of aromatic nitrogens is 2. The van der Waals surface area contributed by atoms with Crippen LogP contribution in [0, 0.1) is 0 Å². The molecule has 0 spiro atoms. The minimum absolute atomic E-state index is 0.00828. The van der Waals surface area contributed by atoms with E-state index in [1.54, 1.807) is 25.3 Å². The van der Waals surface area contributed by atoms with Crippen LogP contribution in [-0.2, 0) is 11.3 Å². The molecule has 7 heteroatoms. The van der Waals surface area contributed by atoms with Crippen LogP contribution in [0.5, 0.6) is 0 Å². The summed E-state index contributed by atoms with van der Waals surface area (Å²) in [5.41, 5.74) is 0.233. The van der Waals surface area contributed by atoms with Gasteiger partial charge in [0.2, 0.25) is 5.91 Å². The smallest absolute Gasteiger partial charge is 0.263 e. The zero-order valence-electron chi connectivity index (χ0n) is 15.4. The van der Waals surface area contributed by atoms with Crippen molar-refractivity contribution in [3.63, 3.8) is 0 Å². The Morgan fingerprint density at radius 1 is 1.22 bits per heavy atom. The first-order chi connectivity index (χ1) is 13.0. The lowest BCUT2D eigenvalue weighted by molar-refractivity contribution is -0.122. The Morgan fingerprint density at radius 3 is 2.70 bits per heavy atom. The fourth-order valence-corrected chi connectivity index (χ4v) is 3.31. The summed E-state index contributed by atoms with van der Waals surface area (Å²) in [6.07, 6.45) is 7.37. The summed E-state index contributed by atoms with van der Waals surface area (Å²) in [6, 6.07) is 8.37. The van der Waals surface area contributed by atoms with Gasteiger partial charge in [-0.3, -0.25) is 19.4 Å². The first-order valence-electron chi connectivity index (χ1n) is 9.25. The number of rotatable bonds is 6. The SMILES string of the molecule is CC(NC(=O)c1cccn(CC(=O)NC2CCCC2)c1=O)c1ccccn1.